The Morgan fingerprint density at radius 1 is 1.19 bits per heavy atom. The maximum atomic E-state index is 13.3. The molecule has 2 aliphatic carbocycles. The first-order valence-electron chi connectivity index (χ1n) is 9.68. The van der Waals surface area contributed by atoms with Crippen LogP contribution in [0.4, 0.5) is 0 Å². The molecule has 3 aromatic rings. The van der Waals surface area contributed by atoms with Crippen molar-refractivity contribution in [3.05, 3.63) is 71.3 Å². The van der Waals surface area contributed by atoms with Gasteiger partial charge >= 0.3 is 0 Å². The van der Waals surface area contributed by atoms with Crippen molar-refractivity contribution in [2.24, 2.45) is 0 Å². The number of hydrogen-bond acceptors (Lipinski definition) is 3. The molecule has 1 unspecified atom stereocenters. The van der Waals surface area contributed by atoms with Gasteiger partial charge in [0.2, 0.25) is 0 Å². The smallest absolute Gasteiger partial charge is 0.254 e. The first-order chi connectivity index (χ1) is 13.3. The molecule has 5 rings (SSSR count). The third kappa shape index (κ3) is 3.27. The number of carbonyl (C=O) groups is 1. The van der Waals surface area contributed by atoms with Crippen LogP contribution in [0.5, 0.6) is 0 Å². The number of nitrogens with one attached hydrogen (secondary N) is 1. The predicted octanol–water partition coefficient (Wildman–Crippen LogP) is 2.82. The Labute approximate surface area is 158 Å². The van der Waals surface area contributed by atoms with E-state index in [1.165, 1.54) is 11.3 Å². The van der Waals surface area contributed by atoms with E-state index in [4.69, 9.17) is 0 Å². The normalized spacial score (nSPS) is 18.9. The van der Waals surface area contributed by atoms with Crippen molar-refractivity contribution >= 4 is 5.91 Å². The maximum absolute atomic E-state index is 13.3. The third-order valence-corrected chi connectivity index (χ3v) is 5.66. The van der Waals surface area contributed by atoms with Gasteiger partial charge in [0, 0.05) is 35.7 Å². The van der Waals surface area contributed by atoms with Gasteiger partial charge in [0.25, 0.3) is 5.91 Å². The van der Waals surface area contributed by atoms with Gasteiger partial charge in [-0.05, 0) is 61.4 Å². The van der Waals surface area contributed by atoms with E-state index in [1.807, 2.05) is 47.4 Å². The second kappa shape index (κ2) is 6.68. The molecule has 27 heavy (non-hydrogen) atoms. The number of H-pyrrole nitrogens is 1. The molecule has 2 heterocycles. The zero-order chi connectivity index (χ0) is 18.2. The lowest BCUT2D eigenvalue weighted by Gasteiger charge is -2.34. The second-order valence-electron chi connectivity index (χ2n) is 7.61. The van der Waals surface area contributed by atoms with Crippen molar-refractivity contribution < 1.29 is 4.79 Å². The fourth-order valence-corrected chi connectivity index (χ4v) is 4.10. The Hall–Kier alpha value is -2.89. The fourth-order valence-electron chi connectivity index (χ4n) is 4.10. The molecule has 6 nitrogen and oxygen atoms in total. The SMILES string of the molecule is O=C(c1ccc(Cn2cccn2)cc1)N(C1CC1)C1CCc2[nH]ncc2C1. The molecule has 1 atom stereocenters. The maximum Gasteiger partial charge on any atom is 0.254 e. The summed E-state index contributed by atoms with van der Waals surface area (Å²) in [5.74, 6) is 0.167. The first-order valence-corrected chi connectivity index (χ1v) is 9.68. The van der Waals surface area contributed by atoms with E-state index in [0.29, 0.717) is 6.04 Å². The molecule has 0 radical (unpaired) electrons. The third-order valence-electron chi connectivity index (χ3n) is 5.66. The number of amides is 1. The van der Waals surface area contributed by atoms with Gasteiger partial charge < -0.3 is 4.90 Å². The summed E-state index contributed by atoms with van der Waals surface area (Å²) in [7, 11) is 0. The highest BCUT2D eigenvalue weighted by atomic mass is 16.2. The van der Waals surface area contributed by atoms with Crippen LogP contribution in [0.15, 0.2) is 48.9 Å². The van der Waals surface area contributed by atoms with E-state index in [1.54, 1.807) is 6.20 Å². The largest absolute Gasteiger partial charge is 0.332 e. The van der Waals surface area contributed by atoms with Crippen molar-refractivity contribution in [1.82, 2.24) is 24.9 Å². The van der Waals surface area contributed by atoms with E-state index < -0.39 is 0 Å². The molecule has 1 aromatic carbocycles. The van der Waals surface area contributed by atoms with E-state index in [9.17, 15) is 4.79 Å². The Morgan fingerprint density at radius 2 is 2.04 bits per heavy atom. The van der Waals surface area contributed by atoms with E-state index in [2.05, 4.69) is 20.2 Å². The first kappa shape index (κ1) is 16.3. The molecule has 1 N–H and O–H groups in total. The van der Waals surface area contributed by atoms with Gasteiger partial charge in [-0.1, -0.05) is 12.1 Å². The summed E-state index contributed by atoms with van der Waals surface area (Å²) in [6.07, 6.45) is 10.8. The Morgan fingerprint density at radius 3 is 2.78 bits per heavy atom. The predicted molar refractivity (Wildman–Crippen MR) is 101 cm³/mol. The van der Waals surface area contributed by atoms with Crippen LogP contribution in [0.3, 0.4) is 0 Å². The quantitative estimate of drug-likeness (QED) is 0.760. The summed E-state index contributed by atoms with van der Waals surface area (Å²) in [6, 6.07) is 10.6. The molecular formula is C21H23N5O. The Kier molecular flexibility index (Phi) is 4.03. The number of fused-ring (bicyclic) bond motifs is 1. The van der Waals surface area contributed by atoms with E-state index in [0.717, 1.165) is 49.8 Å². The average molecular weight is 361 g/mol. The van der Waals surface area contributed by atoms with Crippen LogP contribution in [0.2, 0.25) is 0 Å². The van der Waals surface area contributed by atoms with Gasteiger partial charge in [0.15, 0.2) is 0 Å². The molecule has 0 spiro atoms. The molecule has 2 aliphatic rings. The summed E-state index contributed by atoms with van der Waals surface area (Å²) < 4.78 is 1.89. The zero-order valence-corrected chi connectivity index (χ0v) is 15.2. The summed E-state index contributed by atoms with van der Waals surface area (Å²) in [4.78, 5) is 15.4. The summed E-state index contributed by atoms with van der Waals surface area (Å²) in [5.41, 5.74) is 4.43. The molecule has 0 saturated heterocycles. The number of hydrogen-bond donors (Lipinski definition) is 1. The topological polar surface area (TPSA) is 66.8 Å². The van der Waals surface area contributed by atoms with Gasteiger partial charge in [0.1, 0.15) is 0 Å². The number of nitrogens with zero attached hydrogens (tertiary/aromatic N) is 4. The van der Waals surface area contributed by atoms with Gasteiger partial charge in [-0.2, -0.15) is 10.2 Å². The van der Waals surface area contributed by atoms with Crippen LogP contribution in [-0.2, 0) is 19.4 Å². The minimum Gasteiger partial charge on any atom is -0.332 e. The highest BCUT2D eigenvalue weighted by Gasteiger charge is 2.39. The van der Waals surface area contributed by atoms with Gasteiger partial charge in [-0.3, -0.25) is 14.6 Å². The number of aryl methyl sites for hydroxylation is 1. The van der Waals surface area contributed by atoms with Crippen LogP contribution in [0.1, 0.15) is 46.4 Å². The summed E-state index contributed by atoms with van der Waals surface area (Å²) >= 11 is 0. The zero-order valence-electron chi connectivity index (χ0n) is 15.2. The standard InChI is InChI=1S/C21H23N5O/c27-21(16-4-2-15(3-5-16)14-25-11-1-10-23-25)26(18-6-7-18)19-8-9-20-17(12-19)13-22-24-20/h1-5,10-11,13,18-19H,6-9,12,14H2,(H,22,24). The lowest BCUT2D eigenvalue weighted by atomic mass is 9.91. The second-order valence-corrected chi connectivity index (χ2v) is 7.61. The molecule has 0 aliphatic heterocycles. The highest BCUT2D eigenvalue weighted by molar-refractivity contribution is 5.95. The summed E-state index contributed by atoms with van der Waals surface area (Å²) in [5, 5.41) is 11.5. The summed E-state index contributed by atoms with van der Waals surface area (Å²) in [6.45, 7) is 0.722. The van der Waals surface area contributed by atoms with Crippen molar-refractivity contribution in [1.29, 1.82) is 0 Å². The molecule has 2 aromatic heterocycles. The number of aromatic nitrogens is 4. The Balaban J connectivity index is 1.33. The molecule has 6 heteroatoms. The lowest BCUT2D eigenvalue weighted by Crippen LogP contribution is -2.44. The minimum atomic E-state index is 0.167. The van der Waals surface area contributed by atoms with Crippen molar-refractivity contribution in [3.8, 4) is 0 Å². The molecule has 1 amide bonds. The average Bonchev–Trinajstić information content (AvgIpc) is 3.18. The van der Waals surface area contributed by atoms with Crippen LogP contribution in [0.25, 0.3) is 0 Å². The van der Waals surface area contributed by atoms with Crippen molar-refractivity contribution in [2.45, 2.75) is 50.7 Å². The van der Waals surface area contributed by atoms with Gasteiger partial charge in [0.05, 0.1) is 12.7 Å². The van der Waals surface area contributed by atoms with Crippen LogP contribution in [-0.4, -0.2) is 42.9 Å². The molecule has 138 valence electrons. The fraction of sp³-hybridized carbons (Fsp3) is 0.381. The number of aromatic amines is 1. The monoisotopic (exact) mass is 361 g/mol. The minimum absolute atomic E-state index is 0.167. The lowest BCUT2D eigenvalue weighted by molar-refractivity contribution is 0.0643. The van der Waals surface area contributed by atoms with Crippen LogP contribution < -0.4 is 0 Å². The van der Waals surface area contributed by atoms with Crippen LogP contribution >= 0.6 is 0 Å². The highest BCUT2D eigenvalue weighted by Crippen LogP contribution is 2.34. The van der Waals surface area contributed by atoms with Gasteiger partial charge in [-0.15, -0.1) is 0 Å². The van der Waals surface area contributed by atoms with E-state index >= 15 is 0 Å². The van der Waals surface area contributed by atoms with E-state index in [-0.39, 0.29) is 11.9 Å². The molecular weight excluding hydrogens is 338 g/mol. The Bertz CT molecular complexity index is 924. The molecule has 1 fully saturated rings. The van der Waals surface area contributed by atoms with Crippen LogP contribution in [0, 0.1) is 0 Å². The molecule has 1 saturated carbocycles. The van der Waals surface area contributed by atoms with Crippen molar-refractivity contribution in [2.75, 3.05) is 0 Å². The van der Waals surface area contributed by atoms with Crippen molar-refractivity contribution in [3.63, 3.8) is 0 Å². The number of rotatable bonds is 5. The number of carbonyl (C=O) groups excluding carboxylic acids is 1. The number of benzene rings is 1. The molecule has 0 bridgehead atoms. The van der Waals surface area contributed by atoms with Gasteiger partial charge in [-0.25, -0.2) is 0 Å².